The van der Waals surface area contributed by atoms with Crippen molar-refractivity contribution in [3.8, 4) is 5.75 Å². The van der Waals surface area contributed by atoms with Crippen LogP contribution in [0, 0.1) is 5.92 Å². The zero-order valence-corrected chi connectivity index (χ0v) is 18.1. The Bertz CT molecular complexity index is 912. The molecule has 31 heavy (non-hydrogen) atoms. The first-order chi connectivity index (χ1) is 15.0. The van der Waals surface area contributed by atoms with Crippen molar-refractivity contribution in [2.75, 3.05) is 24.6 Å². The molecule has 2 aromatic rings. The molecular formula is C24H29N3O4. The number of hydrogen-bond acceptors (Lipinski definition) is 5. The SMILES string of the molecule is CC(C)[C@@H]1Oc2ccccc2N(CC(=O)N(Cc2ccccn2)C[C@H]2CCCO2)C1=O. The van der Waals surface area contributed by atoms with Crippen LogP contribution in [0.1, 0.15) is 32.4 Å². The number of amides is 2. The zero-order valence-electron chi connectivity index (χ0n) is 18.1. The number of hydrogen-bond donors (Lipinski definition) is 0. The summed E-state index contributed by atoms with van der Waals surface area (Å²) >= 11 is 0. The van der Waals surface area contributed by atoms with Gasteiger partial charge in [0.2, 0.25) is 5.91 Å². The van der Waals surface area contributed by atoms with Crippen molar-refractivity contribution in [1.29, 1.82) is 0 Å². The Hall–Kier alpha value is -2.93. The third-order valence-corrected chi connectivity index (χ3v) is 5.70. The van der Waals surface area contributed by atoms with Crippen LogP contribution >= 0.6 is 0 Å². The number of nitrogens with zero attached hydrogens (tertiary/aromatic N) is 3. The average Bonchev–Trinajstić information content (AvgIpc) is 3.28. The second-order valence-corrected chi connectivity index (χ2v) is 8.40. The third-order valence-electron chi connectivity index (χ3n) is 5.70. The molecule has 2 aliphatic heterocycles. The number of aromatic nitrogens is 1. The third kappa shape index (κ3) is 4.88. The highest BCUT2D eigenvalue weighted by Gasteiger charge is 2.38. The van der Waals surface area contributed by atoms with Gasteiger partial charge in [0.15, 0.2) is 6.10 Å². The standard InChI is InChI=1S/C24H29N3O4/c1-17(2)23-24(29)27(20-10-3-4-11-21(20)31-23)16-22(28)26(15-19-9-7-13-30-19)14-18-8-5-6-12-25-18/h3-6,8,10-12,17,19,23H,7,9,13-16H2,1-2H3/t19-,23+/m1/s1. The normalized spacial score (nSPS) is 20.5. The van der Waals surface area contributed by atoms with E-state index in [1.165, 1.54) is 0 Å². The summed E-state index contributed by atoms with van der Waals surface area (Å²) in [4.78, 5) is 34.3. The van der Waals surface area contributed by atoms with E-state index in [1.54, 1.807) is 16.0 Å². The van der Waals surface area contributed by atoms with E-state index >= 15 is 0 Å². The zero-order chi connectivity index (χ0) is 21.8. The molecule has 2 aliphatic rings. The molecule has 0 aliphatic carbocycles. The topological polar surface area (TPSA) is 72.0 Å². The Balaban J connectivity index is 1.56. The van der Waals surface area contributed by atoms with Crippen LogP contribution in [-0.4, -0.2) is 53.6 Å². The number of fused-ring (bicyclic) bond motifs is 1. The monoisotopic (exact) mass is 423 g/mol. The van der Waals surface area contributed by atoms with Crippen LogP contribution in [0.2, 0.25) is 0 Å². The van der Waals surface area contributed by atoms with Crippen LogP contribution in [-0.2, 0) is 20.9 Å². The average molecular weight is 424 g/mol. The lowest BCUT2D eigenvalue weighted by Crippen LogP contribution is -2.52. The largest absolute Gasteiger partial charge is 0.478 e. The van der Waals surface area contributed by atoms with Crippen molar-refractivity contribution < 1.29 is 19.1 Å². The molecule has 2 atom stereocenters. The predicted molar refractivity (Wildman–Crippen MR) is 117 cm³/mol. The molecule has 0 spiro atoms. The van der Waals surface area contributed by atoms with E-state index in [2.05, 4.69) is 4.98 Å². The minimum absolute atomic E-state index is 0.00466. The van der Waals surface area contributed by atoms with E-state index in [-0.39, 0.29) is 30.4 Å². The maximum Gasteiger partial charge on any atom is 0.268 e. The highest BCUT2D eigenvalue weighted by Crippen LogP contribution is 2.35. The fourth-order valence-corrected chi connectivity index (χ4v) is 4.03. The lowest BCUT2D eigenvalue weighted by atomic mass is 10.0. The van der Waals surface area contributed by atoms with Gasteiger partial charge < -0.3 is 14.4 Å². The minimum atomic E-state index is -0.606. The van der Waals surface area contributed by atoms with E-state index in [9.17, 15) is 9.59 Å². The molecule has 1 aromatic heterocycles. The quantitative estimate of drug-likeness (QED) is 0.685. The number of ether oxygens (including phenoxy) is 2. The summed E-state index contributed by atoms with van der Waals surface area (Å²) < 4.78 is 11.7. The van der Waals surface area contributed by atoms with Gasteiger partial charge in [-0.2, -0.15) is 0 Å². The Morgan fingerprint density at radius 3 is 2.74 bits per heavy atom. The van der Waals surface area contributed by atoms with Crippen LogP contribution in [0.3, 0.4) is 0 Å². The minimum Gasteiger partial charge on any atom is -0.478 e. The van der Waals surface area contributed by atoms with Gasteiger partial charge in [0.05, 0.1) is 24.0 Å². The molecular weight excluding hydrogens is 394 g/mol. The first-order valence-corrected chi connectivity index (χ1v) is 10.9. The van der Waals surface area contributed by atoms with Gasteiger partial charge in [-0.15, -0.1) is 0 Å². The molecule has 0 N–H and O–H groups in total. The van der Waals surface area contributed by atoms with Crippen LogP contribution in [0.4, 0.5) is 5.69 Å². The van der Waals surface area contributed by atoms with Gasteiger partial charge in [-0.25, -0.2) is 0 Å². The summed E-state index contributed by atoms with van der Waals surface area (Å²) in [6.45, 7) is 5.45. The van der Waals surface area contributed by atoms with E-state index in [1.807, 2.05) is 56.3 Å². The van der Waals surface area contributed by atoms with Crippen molar-refractivity contribution in [1.82, 2.24) is 9.88 Å². The Kier molecular flexibility index (Phi) is 6.51. The summed E-state index contributed by atoms with van der Waals surface area (Å²) in [7, 11) is 0. The number of carbonyl (C=O) groups is 2. The van der Waals surface area contributed by atoms with Crippen molar-refractivity contribution in [3.63, 3.8) is 0 Å². The number of pyridine rings is 1. The Labute approximate surface area is 183 Å². The first-order valence-electron chi connectivity index (χ1n) is 10.9. The van der Waals surface area contributed by atoms with Crippen LogP contribution in [0.5, 0.6) is 5.75 Å². The fraction of sp³-hybridized carbons (Fsp3) is 0.458. The van der Waals surface area contributed by atoms with Crippen LogP contribution in [0.25, 0.3) is 0 Å². The highest BCUT2D eigenvalue weighted by molar-refractivity contribution is 6.04. The maximum absolute atomic E-state index is 13.4. The summed E-state index contributed by atoms with van der Waals surface area (Å²) in [5.41, 5.74) is 1.44. The molecule has 7 heteroatoms. The lowest BCUT2D eigenvalue weighted by molar-refractivity contribution is -0.135. The number of rotatable bonds is 7. The maximum atomic E-state index is 13.4. The molecule has 1 fully saturated rings. The van der Waals surface area contributed by atoms with Crippen molar-refractivity contribution in [2.45, 2.75) is 45.4 Å². The van der Waals surface area contributed by atoms with Crippen molar-refractivity contribution in [3.05, 3.63) is 54.4 Å². The molecule has 0 bridgehead atoms. The Morgan fingerprint density at radius 1 is 1.23 bits per heavy atom. The number of para-hydroxylation sites is 2. The molecule has 0 radical (unpaired) electrons. The van der Waals surface area contributed by atoms with Gasteiger partial charge >= 0.3 is 0 Å². The van der Waals surface area contributed by atoms with Crippen LogP contribution in [0.15, 0.2) is 48.7 Å². The van der Waals surface area contributed by atoms with Crippen molar-refractivity contribution in [2.24, 2.45) is 5.92 Å². The fourth-order valence-electron chi connectivity index (χ4n) is 4.03. The lowest BCUT2D eigenvalue weighted by Gasteiger charge is -2.36. The van der Waals surface area contributed by atoms with E-state index in [0.717, 1.165) is 25.1 Å². The molecule has 4 rings (SSSR count). The number of anilines is 1. The van der Waals surface area contributed by atoms with Gasteiger partial charge in [-0.3, -0.25) is 19.5 Å². The van der Waals surface area contributed by atoms with Crippen LogP contribution < -0.4 is 9.64 Å². The van der Waals surface area contributed by atoms with Gasteiger partial charge in [0.25, 0.3) is 5.91 Å². The predicted octanol–water partition coefficient (Wildman–Crippen LogP) is 3.04. The first kappa shape index (κ1) is 21.3. The van der Waals surface area contributed by atoms with Gasteiger partial charge in [0, 0.05) is 19.3 Å². The van der Waals surface area contributed by atoms with E-state index in [0.29, 0.717) is 24.5 Å². The van der Waals surface area contributed by atoms with Gasteiger partial charge in [-0.05, 0) is 43.0 Å². The van der Waals surface area contributed by atoms with Gasteiger partial charge in [-0.1, -0.05) is 32.0 Å². The second-order valence-electron chi connectivity index (χ2n) is 8.40. The van der Waals surface area contributed by atoms with E-state index < -0.39 is 6.10 Å². The summed E-state index contributed by atoms with van der Waals surface area (Å²) in [5.74, 6) is 0.310. The Morgan fingerprint density at radius 2 is 2.03 bits per heavy atom. The smallest absolute Gasteiger partial charge is 0.268 e. The number of carbonyl (C=O) groups excluding carboxylic acids is 2. The molecule has 164 valence electrons. The number of benzene rings is 1. The van der Waals surface area contributed by atoms with Gasteiger partial charge in [0.1, 0.15) is 12.3 Å². The highest BCUT2D eigenvalue weighted by atomic mass is 16.5. The summed E-state index contributed by atoms with van der Waals surface area (Å²) in [5, 5.41) is 0. The molecule has 2 amide bonds. The molecule has 0 saturated carbocycles. The summed E-state index contributed by atoms with van der Waals surface area (Å²) in [6, 6.07) is 13.0. The molecule has 0 unspecified atom stereocenters. The molecule has 7 nitrogen and oxygen atoms in total. The molecule has 1 aromatic carbocycles. The van der Waals surface area contributed by atoms with Crippen molar-refractivity contribution >= 4 is 17.5 Å². The summed E-state index contributed by atoms with van der Waals surface area (Å²) in [6.07, 6.45) is 3.07. The van der Waals surface area contributed by atoms with E-state index in [4.69, 9.17) is 9.47 Å². The second kappa shape index (κ2) is 9.47. The molecule has 3 heterocycles. The molecule has 1 saturated heterocycles.